The summed E-state index contributed by atoms with van der Waals surface area (Å²) in [6, 6.07) is 19.9. The number of hydrogen-bond donors (Lipinski definition) is 0. The smallest absolute Gasteiger partial charge is 0.858 e. The van der Waals surface area contributed by atoms with E-state index < -0.39 is 0 Å². The maximum Gasteiger partial charge on any atom is 1.00 e. The zero-order chi connectivity index (χ0) is 14.5. The van der Waals surface area contributed by atoms with Crippen molar-refractivity contribution in [2.75, 3.05) is 13.1 Å². The molecule has 108 valence electrons. The van der Waals surface area contributed by atoms with Gasteiger partial charge in [0.1, 0.15) is 0 Å². The molecule has 1 atom stereocenters. The van der Waals surface area contributed by atoms with Crippen molar-refractivity contribution in [3.05, 3.63) is 71.8 Å². The summed E-state index contributed by atoms with van der Waals surface area (Å²) in [5, 5.41) is 12.1. The second kappa shape index (κ2) is 8.19. The topological polar surface area (TPSA) is 38.7 Å². The van der Waals surface area contributed by atoms with E-state index >= 15 is 0 Å². The molecule has 4 heteroatoms. The van der Waals surface area contributed by atoms with Crippen LogP contribution < -0.4 is 24.0 Å². The number of hydrogen-bond acceptors (Lipinski definition) is 3. The van der Waals surface area contributed by atoms with Crippen molar-refractivity contribution >= 4 is 5.90 Å². The fraction of sp³-hybridized carbons (Fsp3) is 0.278. The van der Waals surface area contributed by atoms with Gasteiger partial charge in [-0.1, -0.05) is 60.7 Å². The number of benzene rings is 2. The summed E-state index contributed by atoms with van der Waals surface area (Å²) in [6.07, 6.45) is 0.964. The first-order valence-electron chi connectivity index (χ1n) is 7.38. The molecule has 0 aliphatic carbocycles. The van der Waals surface area contributed by atoms with Crippen LogP contribution in [0.2, 0.25) is 0 Å². The van der Waals surface area contributed by atoms with E-state index in [4.69, 9.17) is 0 Å². The maximum absolute atomic E-state index is 12.1. The molecule has 0 aromatic heterocycles. The largest absolute Gasteiger partial charge is 1.00 e. The minimum Gasteiger partial charge on any atom is -0.858 e. The van der Waals surface area contributed by atoms with Crippen LogP contribution in [0.15, 0.2) is 65.7 Å². The standard InChI is InChI=1S/C18H20N2O.Li/c21-18(16-9-5-2-6-10-16)19-17-11-12-20(14-17)13-15-7-3-1-4-8-15;/h1-10,17H,11-14H2,(H,19,21);/q;+1/p-1/t17-;/m0./s1. The quantitative estimate of drug-likeness (QED) is 0.414. The maximum atomic E-state index is 12.1. The van der Waals surface area contributed by atoms with Crippen LogP contribution in [-0.2, 0) is 6.54 Å². The Balaban J connectivity index is 0.00000176. The van der Waals surface area contributed by atoms with Gasteiger partial charge in [0.15, 0.2) is 0 Å². The Hall–Kier alpha value is -1.53. The average molecular weight is 286 g/mol. The van der Waals surface area contributed by atoms with Crippen LogP contribution in [0.4, 0.5) is 0 Å². The first-order chi connectivity index (χ1) is 10.3. The van der Waals surface area contributed by atoms with Crippen molar-refractivity contribution in [2.45, 2.75) is 19.0 Å². The molecule has 0 amide bonds. The third-order valence-electron chi connectivity index (χ3n) is 3.82. The Morgan fingerprint density at radius 1 is 1.05 bits per heavy atom. The van der Waals surface area contributed by atoms with E-state index in [-0.39, 0.29) is 30.8 Å². The molecule has 0 bridgehead atoms. The molecule has 3 rings (SSSR count). The summed E-state index contributed by atoms with van der Waals surface area (Å²) in [7, 11) is 0. The Bertz CT molecular complexity index is 601. The molecule has 0 spiro atoms. The molecular weight excluding hydrogens is 267 g/mol. The predicted molar refractivity (Wildman–Crippen MR) is 83.1 cm³/mol. The summed E-state index contributed by atoms with van der Waals surface area (Å²) in [5.74, 6) is -0.0952. The van der Waals surface area contributed by atoms with Crippen LogP contribution in [0.5, 0.6) is 0 Å². The molecule has 0 saturated carbocycles. The third-order valence-corrected chi connectivity index (χ3v) is 3.82. The van der Waals surface area contributed by atoms with Crippen molar-refractivity contribution in [2.24, 2.45) is 4.99 Å². The van der Waals surface area contributed by atoms with Crippen LogP contribution in [0.1, 0.15) is 17.5 Å². The van der Waals surface area contributed by atoms with Gasteiger partial charge in [-0.15, -0.1) is 0 Å². The van der Waals surface area contributed by atoms with Gasteiger partial charge in [0.25, 0.3) is 0 Å². The van der Waals surface area contributed by atoms with E-state index in [0.29, 0.717) is 5.56 Å². The van der Waals surface area contributed by atoms with E-state index in [9.17, 15) is 5.11 Å². The minimum atomic E-state index is -0.0952. The summed E-state index contributed by atoms with van der Waals surface area (Å²) in [6.45, 7) is 2.81. The number of nitrogens with zero attached hydrogens (tertiary/aromatic N) is 2. The van der Waals surface area contributed by atoms with E-state index in [1.54, 1.807) is 0 Å². The van der Waals surface area contributed by atoms with Crippen LogP contribution in [0.25, 0.3) is 0 Å². The molecule has 3 nitrogen and oxygen atoms in total. The van der Waals surface area contributed by atoms with Gasteiger partial charge < -0.3 is 5.11 Å². The molecule has 1 saturated heterocycles. The first-order valence-corrected chi connectivity index (χ1v) is 7.38. The number of rotatable bonds is 4. The molecular formula is C18H19LiN2O. The zero-order valence-corrected chi connectivity index (χ0v) is 13.0. The Morgan fingerprint density at radius 3 is 2.36 bits per heavy atom. The van der Waals surface area contributed by atoms with Crippen molar-refractivity contribution in [1.29, 1.82) is 0 Å². The van der Waals surface area contributed by atoms with E-state index in [2.05, 4.69) is 34.2 Å². The van der Waals surface area contributed by atoms with Gasteiger partial charge in [-0.25, -0.2) is 0 Å². The van der Waals surface area contributed by atoms with Crippen LogP contribution in [0, 0.1) is 0 Å². The predicted octanol–water partition coefficient (Wildman–Crippen LogP) is -0.928. The van der Waals surface area contributed by atoms with Gasteiger partial charge in [0, 0.05) is 19.6 Å². The fourth-order valence-electron chi connectivity index (χ4n) is 2.72. The molecule has 2 aromatic carbocycles. The monoisotopic (exact) mass is 286 g/mol. The third kappa shape index (κ3) is 4.48. The SMILES string of the molecule is [Li+].[O-]C(=N[C@H]1CCN(Cc2ccccc2)C1)c1ccccc1. The minimum absolute atomic E-state index is 0. The van der Waals surface area contributed by atoms with Crippen molar-refractivity contribution in [1.82, 2.24) is 4.90 Å². The summed E-state index contributed by atoms with van der Waals surface area (Å²) in [4.78, 5) is 6.72. The number of aliphatic imine (C=N–C) groups is 1. The normalized spacial score (nSPS) is 18.9. The molecule has 0 radical (unpaired) electrons. The summed E-state index contributed by atoms with van der Waals surface area (Å²) >= 11 is 0. The van der Waals surface area contributed by atoms with Gasteiger partial charge in [0.2, 0.25) is 0 Å². The first kappa shape index (κ1) is 16.8. The zero-order valence-electron chi connectivity index (χ0n) is 13.0. The van der Waals surface area contributed by atoms with Gasteiger partial charge in [0.05, 0.1) is 6.04 Å². The van der Waals surface area contributed by atoms with Crippen LogP contribution in [0.3, 0.4) is 0 Å². The second-order valence-electron chi connectivity index (χ2n) is 5.46. The van der Waals surface area contributed by atoms with Crippen molar-refractivity contribution in [3.63, 3.8) is 0 Å². The van der Waals surface area contributed by atoms with Gasteiger partial charge in [-0.2, -0.15) is 0 Å². The molecule has 1 heterocycles. The van der Waals surface area contributed by atoms with E-state index in [1.807, 2.05) is 36.4 Å². The molecule has 22 heavy (non-hydrogen) atoms. The average Bonchev–Trinajstić information content (AvgIpc) is 2.96. The summed E-state index contributed by atoms with van der Waals surface area (Å²) in [5.41, 5.74) is 1.99. The van der Waals surface area contributed by atoms with E-state index in [1.165, 1.54) is 5.56 Å². The fourth-order valence-corrected chi connectivity index (χ4v) is 2.72. The van der Waals surface area contributed by atoms with Crippen molar-refractivity contribution < 1.29 is 24.0 Å². The Labute approximate surface area is 143 Å². The Kier molecular flexibility index (Phi) is 6.27. The van der Waals surface area contributed by atoms with Crippen molar-refractivity contribution in [3.8, 4) is 0 Å². The van der Waals surface area contributed by atoms with Gasteiger partial charge in [-0.05, 0) is 23.4 Å². The molecule has 1 aliphatic heterocycles. The molecule has 1 fully saturated rings. The van der Waals surface area contributed by atoms with Gasteiger partial charge in [-0.3, -0.25) is 9.89 Å². The van der Waals surface area contributed by atoms with Gasteiger partial charge >= 0.3 is 18.9 Å². The molecule has 0 N–H and O–H groups in total. The molecule has 0 unspecified atom stereocenters. The van der Waals surface area contributed by atoms with E-state index in [0.717, 1.165) is 26.1 Å². The van der Waals surface area contributed by atoms with Crippen LogP contribution in [-0.4, -0.2) is 29.9 Å². The van der Waals surface area contributed by atoms with Crippen LogP contribution >= 0.6 is 0 Å². The Morgan fingerprint density at radius 2 is 1.68 bits per heavy atom. The molecule has 2 aromatic rings. The number of likely N-dealkylation sites (tertiary alicyclic amines) is 1. The summed E-state index contributed by atoms with van der Waals surface area (Å²) < 4.78 is 0. The molecule has 1 aliphatic rings. The second-order valence-corrected chi connectivity index (χ2v) is 5.46.